The van der Waals surface area contributed by atoms with Gasteiger partial charge in [0.15, 0.2) is 17.6 Å². The highest BCUT2D eigenvalue weighted by Crippen LogP contribution is 2.42. The van der Waals surface area contributed by atoms with Gasteiger partial charge in [0.1, 0.15) is 29.4 Å². The number of nitrogens with zero attached hydrogens (tertiary/aromatic N) is 6. The van der Waals surface area contributed by atoms with Crippen LogP contribution < -0.4 is 10.3 Å². The number of benzene rings is 1. The topological polar surface area (TPSA) is 155 Å². The number of carbonyl (C=O) groups is 1. The van der Waals surface area contributed by atoms with Crippen LogP contribution in [-0.4, -0.2) is 57.5 Å². The van der Waals surface area contributed by atoms with Gasteiger partial charge in [0, 0.05) is 23.6 Å². The molecule has 0 saturated carbocycles. The van der Waals surface area contributed by atoms with Crippen LogP contribution in [-0.2, 0) is 10.3 Å². The van der Waals surface area contributed by atoms with Crippen molar-refractivity contribution >= 4 is 17.9 Å². The summed E-state index contributed by atoms with van der Waals surface area (Å²) in [5, 5.41) is 17.2. The minimum Gasteiger partial charge on any atom is -0.465 e. The number of amides is 1. The molecule has 0 unspecified atom stereocenters. The molecule has 2 N–H and O–H groups in total. The first-order chi connectivity index (χ1) is 18.8. The second-order valence-corrected chi connectivity index (χ2v) is 8.54. The van der Waals surface area contributed by atoms with Crippen LogP contribution in [0.5, 0.6) is 0 Å². The number of carboxylic acid groups (broad SMARTS) is 1. The second kappa shape index (κ2) is 10.8. The van der Waals surface area contributed by atoms with Crippen LogP contribution in [0.3, 0.4) is 0 Å². The second-order valence-electron chi connectivity index (χ2n) is 8.54. The molecule has 1 aliphatic rings. The van der Waals surface area contributed by atoms with Gasteiger partial charge >= 0.3 is 12.3 Å². The quantitative estimate of drug-likeness (QED) is 0.229. The Kier molecular flexibility index (Phi) is 7.61. The maximum atomic E-state index is 14.9. The first kappa shape index (κ1) is 28.2. The number of hydrogen-bond acceptors (Lipinski definition) is 9. The highest BCUT2D eigenvalue weighted by molar-refractivity contribution is 5.90. The first-order valence-electron chi connectivity index (χ1n) is 11.1. The van der Waals surface area contributed by atoms with E-state index in [0.29, 0.717) is 5.01 Å². The molecule has 4 rings (SSSR count). The van der Waals surface area contributed by atoms with Crippen molar-refractivity contribution in [1.29, 1.82) is 0 Å². The van der Waals surface area contributed by atoms with Crippen molar-refractivity contribution in [3.63, 3.8) is 0 Å². The third-order valence-corrected chi connectivity index (χ3v) is 5.67. The normalized spacial score (nSPS) is 19.1. The van der Waals surface area contributed by atoms with Gasteiger partial charge < -0.3 is 14.4 Å². The van der Waals surface area contributed by atoms with E-state index in [9.17, 15) is 36.0 Å². The summed E-state index contributed by atoms with van der Waals surface area (Å²) < 4.78 is 91.4. The molecule has 212 valence electrons. The molecule has 0 radical (unpaired) electrons. The molecule has 0 bridgehead atoms. The lowest BCUT2D eigenvalue weighted by molar-refractivity contribution is -0.164. The largest absolute Gasteiger partial charge is 0.465 e. The van der Waals surface area contributed by atoms with Crippen molar-refractivity contribution in [2.24, 2.45) is 10.3 Å². The predicted molar refractivity (Wildman–Crippen MR) is 124 cm³/mol. The smallest absolute Gasteiger partial charge is 0.412 e. The Bertz CT molecular complexity index is 1430. The van der Waals surface area contributed by atoms with E-state index in [1.807, 2.05) is 0 Å². The number of amidine groups is 1. The van der Waals surface area contributed by atoms with E-state index in [1.165, 1.54) is 12.1 Å². The van der Waals surface area contributed by atoms with Crippen molar-refractivity contribution < 1.29 is 45.5 Å². The molecule has 1 aromatic carbocycles. The maximum absolute atomic E-state index is 14.9. The molecule has 0 saturated heterocycles. The molecule has 0 fully saturated rings. The highest BCUT2D eigenvalue weighted by atomic mass is 19.4. The predicted octanol–water partition coefficient (Wildman–Crippen LogP) is 4.88. The SMILES string of the molecule is C[C@@]1(c2cc(-c3cc(-c4cnc(N(CC(F)F)N=O)cn4)no3)ccc2F)C[C@@H](C(F)(F)F)N=C(NC(=O)O)O1. The number of alkyl halides is 5. The van der Waals surface area contributed by atoms with E-state index in [2.05, 4.69) is 25.4 Å². The van der Waals surface area contributed by atoms with Gasteiger partial charge in [-0.1, -0.05) is 5.16 Å². The van der Waals surface area contributed by atoms with Gasteiger partial charge in [0.05, 0.1) is 17.7 Å². The number of nitroso groups, excluding NO2 is 1. The van der Waals surface area contributed by atoms with Crippen molar-refractivity contribution in [2.75, 3.05) is 11.6 Å². The molecule has 12 nitrogen and oxygen atoms in total. The number of aromatic nitrogens is 3. The van der Waals surface area contributed by atoms with E-state index in [1.54, 1.807) is 5.32 Å². The maximum Gasteiger partial charge on any atom is 0.412 e. The van der Waals surface area contributed by atoms with Crippen LogP contribution in [0, 0.1) is 10.7 Å². The van der Waals surface area contributed by atoms with Gasteiger partial charge in [-0.2, -0.15) is 13.2 Å². The molecule has 0 spiro atoms. The molecule has 0 aliphatic carbocycles. The first-order valence-corrected chi connectivity index (χ1v) is 11.1. The summed E-state index contributed by atoms with van der Waals surface area (Å²) in [4.78, 5) is 32.9. The Morgan fingerprint density at radius 1 is 1.25 bits per heavy atom. The fourth-order valence-corrected chi connectivity index (χ4v) is 3.84. The van der Waals surface area contributed by atoms with Crippen LogP contribution in [0.4, 0.5) is 37.0 Å². The summed E-state index contributed by atoms with van der Waals surface area (Å²) in [7, 11) is 0. The molecule has 18 heteroatoms. The lowest BCUT2D eigenvalue weighted by atomic mass is 9.86. The zero-order chi connectivity index (χ0) is 29.2. The average Bonchev–Trinajstić information content (AvgIpc) is 3.36. The van der Waals surface area contributed by atoms with Crippen molar-refractivity contribution in [2.45, 2.75) is 37.6 Å². The molecule has 1 amide bonds. The fraction of sp³-hybridized carbons (Fsp3) is 0.318. The third-order valence-electron chi connectivity index (χ3n) is 5.67. The molecular formula is C22H17F6N7O5. The zero-order valence-electron chi connectivity index (χ0n) is 20.1. The van der Waals surface area contributed by atoms with Gasteiger partial charge in [-0.25, -0.2) is 43.3 Å². The molecule has 40 heavy (non-hydrogen) atoms. The van der Waals surface area contributed by atoms with E-state index in [4.69, 9.17) is 14.4 Å². The fourth-order valence-electron chi connectivity index (χ4n) is 3.84. The molecule has 3 heterocycles. The third kappa shape index (κ3) is 6.10. The van der Waals surface area contributed by atoms with E-state index in [0.717, 1.165) is 31.5 Å². The molecule has 3 aromatic rings. The van der Waals surface area contributed by atoms with Gasteiger partial charge in [0.2, 0.25) is 0 Å². The van der Waals surface area contributed by atoms with E-state index >= 15 is 0 Å². The van der Waals surface area contributed by atoms with Crippen LogP contribution in [0.15, 0.2) is 51.5 Å². The summed E-state index contributed by atoms with van der Waals surface area (Å²) in [5.41, 5.74) is -1.99. The van der Waals surface area contributed by atoms with Gasteiger partial charge in [0.25, 0.3) is 12.4 Å². The number of halogens is 6. The van der Waals surface area contributed by atoms with E-state index in [-0.39, 0.29) is 34.1 Å². The molecular weight excluding hydrogens is 556 g/mol. The van der Waals surface area contributed by atoms with Crippen molar-refractivity contribution in [3.05, 3.63) is 52.9 Å². The number of aliphatic imine (C=N–C) groups is 1. The lowest BCUT2D eigenvalue weighted by Crippen LogP contribution is -2.48. The number of nitrogens with one attached hydrogen (secondary N) is 1. The van der Waals surface area contributed by atoms with Gasteiger partial charge in [-0.15, -0.1) is 4.91 Å². The van der Waals surface area contributed by atoms with Crippen molar-refractivity contribution in [3.8, 4) is 22.7 Å². The highest BCUT2D eigenvalue weighted by Gasteiger charge is 2.50. The van der Waals surface area contributed by atoms with E-state index < -0.39 is 55.1 Å². The summed E-state index contributed by atoms with van der Waals surface area (Å²) in [5.74, 6) is -1.16. The average molecular weight is 573 g/mol. The van der Waals surface area contributed by atoms with Gasteiger partial charge in [-0.3, -0.25) is 0 Å². The molecule has 1 aliphatic heterocycles. The Morgan fingerprint density at radius 2 is 2.00 bits per heavy atom. The minimum absolute atomic E-state index is 0.0281. The summed E-state index contributed by atoms with van der Waals surface area (Å²) in [6.45, 7) is 0.158. The van der Waals surface area contributed by atoms with Crippen molar-refractivity contribution in [1.82, 2.24) is 20.4 Å². The van der Waals surface area contributed by atoms with Crippen LogP contribution in [0.25, 0.3) is 22.7 Å². The molecule has 2 atom stereocenters. The number of hydrogen-bond donors (Lipinski definition) is 2. The number of ether oxygens (including phenoxy) is 1. The summed E-state index contributed by atoms with van der Waals surface area (Å²) in [6.07, 6.45) is -8.20. The Labute approximate surface area is 219 Å². The van der Waals surface area contributed by atoms with Gasteiger partial charge in [-0.05, 0) is 25.1 Å². The summed E-state index contributed by atoms with van der Waals surface area (Å²) in [6, 6.07) is 1.38. The summed E-state index contributed by atoms with van der Waals surface area (Å²) >= 11 is 0. The minimum atomic E-state index is -4.88. The zero-order valence-corrected chi connectivity index (χ0v) is 20.1. The lowest BCUT2D eigenvalue weighted by Gasteiger charge is -2.38. The van der Waals surface area contributed by atoms with Crippen LogP contribution in [0.2, 0.25) is 0 Å². The number of anilines is 1. The van der Waals surface area contributed by atoms with Crippen LogP contribution >= 0.6 is 0 Å². The Hall–Kier alpha value is -4.77. The Balaban J connectivity index is 1.63. The monoisotopic (exact) mass is 573 g/mol. The molecule has 2 aromatic heterocycles. The number of rotatable bonds is 7. The Morgan fingerprint density at radius 3 is 2.60 bits per heavy atom. The standard InChI is InChI=1S/C22H17F6N7O5/c1-21(6-16(22(26,27)28)31-19(39-21)32-20(36)37)11-4-10(2-3-12(11)23)15-5-13(33-40-15)14-7-30-18(8-29-14)35(34-38)9-17(24)25/h2-5,7-8,16-17H,6,9H2,1H3,(H,31,32)(H,36,37)/t16-,21-/m0/s1. The van der Waals surface area contributed by atoms with Crippen LogP contribution in [0.1, 0.15) is 18.9 Å².